The fraction of sp³-hybridized carbons (Fsp3) is 0.533. The van der Waals surface area contributed by atoms with Crippen LogP contribution in [0.25, 0.3) is 10.2 Å². The number of anilines is 1. The molecule has 1 aliphatic rings. The van der Waals surface area contributed by atoms with E-state index in [1.165, 1.54) is 0 Å². The largest absolute Gasteiger partial charge is 0.444 e. The maximum Gasteiger partial charge on any atom is 0.410 e. The van der Waals surface area contributed by atoms with Crippen LogP contribution in [0.1, 0.15) is 20.8 Å². The third-order valence-electron chi connectivity index (χ3n) is 3.41. The van der Waals surface area contributed by atoms with Crippen molar-refractivity contribution in [1.29, 1.82) is 0 Å². The number of fused-ring (bicyclic) bond motifs is 1. The lowest BCUT2D eigenvalue weighted by Gasteiger charge is -2.35. The van der Waals surface area contributed by atoms with Crippen LogP contribution in [0.3, 0.4) is 0 Å². The Morgan fingerprint density at radius 1 is 1.27 bits per heavy atom. The van der Waals surface area contributed by atoms with Gasteiger partial charge in [0, 0.05) is 37.8 Å². The number of carbonyl (C=O) groups excluding carboxylic acids is 1. The Balaban J connectivity index is 1.62. The molecule has 0 N–H and O–H groups in total. The van der Waals surface area contributed by atoms with Gasteiger partial charge in [-0.1, -0.05) is 0 Å². The Labute approximate surface area is 133 Å². The number of hydrogen-bond donors (Lipinski definition) is 0. The highest BCUT2D eigenvalue weighted by atomic mass is 32.1. The number of carbonyl (C=O) groups is 1. The molecule has 3 rings (SSSR count). The fourth-order valence-corrected chi connectivity index (χ4v) is 3.05. The van der Waals surface area contributed by atoms with E-state index in [1.54, 1.807) is 16.2 Å². The second-order valence-corrected chi connectivity index (χ2v) is 7.20. The van der Waals surface area contributed by atoms with Gasteiger partial charge in [-0.05, 0) is 32.2 Å². The van der Waals surface area contributed by atoms with Crippen molar-refractivity contribution in [1.82, 2.24) is 14.9 Å². The van der Waals surface area contributed by atoms with Gasteiger partial charge in [-0.2, -0.15) is 0 Å². The van der Waals surface area contributed by atoms with Gasteiger partial charge < -0.3 is 14.5 Å². The third kappa shape index (κ3) is 3.30. The molecule has 0 unspecified atom stereocenters. The molecule has 0 saturated carbocycles. The van der Waals surface area contributed by atoms with Crippen molar-refractivity contribution in [3.63, 3.8) is 0 Å². The monoisotopic (exact) mass is 320 g/mol. The summed E-state index contributed by atoms with van der Waals surface area (Å²) in [6.45, 7) is 8.33. The predicted molar refractivity (Wildman–Crippen MR) is 87.4 cm³/mol. The first-order valence-corrected chi connectivity index (χ1v) is 8.23. The Morgan fingerprint density at radius 2 is 2.00 bits per heavy atom. The Kier molecular flexibility index (Phi) is 3.90. The van der Waals surface area contributed by atoms with Crippen LogP contribution in [-0.4, -0.2) is 52.7 Å². The van der Waals surface area contributed by atoms with Crippen LogP contribution in [0.2, 0.25) is 0 Å². The van der Waals surface area contributed by atoms with E-state index in [1.807, 2.05) is 38.4 Å². The molecule has 22 heavy (non-hydrogen) atoms. The average Bonchev–Trinajstić information content (AvgIpc) is 2.93. The smallest absolute Gasteiger partial charge is 0.410 e. The molecule has 7 heteroatoms. The highest BCUT2D eigenvalue weighted by molar-refractivity contribution is 7.16. The Morgan fingerprint density at radius 3 is 2.68 bits per heavy atom. The van der Waals surface area contributed by atoms with E-state index in [-0.39, 0.29) is 6.09 Å². The quantitative estimate of drug-likeness (QED) is 0.808. The highest BCUT2D eigenvalue weighted by Gasteiger charge is 2.26. The molecule has 3 heterocycles. The molecule has 118 valence electrons. The number of piperazine rings is 1. The van der Waals surface area contributed by atoms with E-state index in [0.717, 1.165) is 29.3 Å². The van der Waals surface area contributed by atoms with Crippen LogP contribution in [-0.2, 0) is 4.74 Å². The Bertz CT molecular complexity index is 671. The van der Waals surface area contributed by atoms with Gasteiger partial charge in [0.05, 0.1) is 0 Å². The minimum atomic E-state index is -0.457. The number of rotatable bonds is 1. The standard InChI is InChI=1S/C15H20N4O2S/c1-15(2,3)21-14(20)19-7-5-18(6-8-19)13-16-10-11-4-9-22-12(11)17-13/h4,9-10H,5-8H2,1-3H3. The molecule has 1 fully saturated rings. The summed E-state index contributed by atoms with van der Waals surface area (Å²) in [6.07, 6.45) is 1.61. The first-order chi connectivity index (χ1) is 10.4. The molecule has 0 atom stereocenters. The van der Waals surface area contributed by atoms with Crippen molar-refractivity contribution in [3.8, 4) is 0 Å². The lowest BCUT2D eigenvalue weighted by atomic mass is 10.2. The highest BCUT2D eigenvalue weighted by Crippen LogP contribution is 2.21. The number of aromatic nitrogens is 2. The molecule has 0 radical (unpaired) electrons. The maximum atomic E-state index is 12.1. The third-order valence-corrected chi connectivity index (χ3v) is 4.23. The van der Waals surface area contributed by atoms with Gasteiger partial charge in [0.15, 0.2) is 0 Å². The maximum absolute atomic E-state index is 12.1. The van der Waals surface area contributed by atoms with Crippen LogP contribution in [0.5, 0.6) is 0 Å². The molecule has 2 aromatic rings. The van der Waals surface area contributed by atoms with Crippen LogP contribution >= 0.6 is 11.3 Å². The van der Waals surface area contributed by atoms with Crippen molar-refractivity contribution in [2.45, 2.75) is 26.4 Å². The second kappa shape index (κ2) is 5.72. The zero-order chi connectivity index (χ0) is 15.7. The molecule has 1 aliphatic heterocycles. The van der Waals surface area contributed by atoms with E-state index >= 15 is 0 Å². The molecule has 0 aromatic carbocycles. The van der Waals surface area contributed by atoms with Crippen LogP contribution in [0.4, 0.5) is 10.7 Å². The molecular weight excluding hydrogens is 300 g/mol. The fourth-order valence-electron chi connectivity index (χ4n) is 2.32. The summed E-state index contributed by atoms with van der Waals surface area (Å²) in [4.78, 5) is 25.9. The van der Waals surface area contributed by atoms with Gasteiger partial charge in [-0.15, -0.1) is 11.3 Å². The lowest BCUT2D eigenvalue weighted by Crippen LogP contribution is -2.50. The topological polar surface area (TPSA) is 58.6 Å². The van der Waals surface area contributed by atoms with Gasteiger partial charge in [-0.25, -0.2) is 14.8 Å². The molecule has 6 nitrogen and oxygen atoms in total. The summed E-state index contributed by atoms with van der Waals surface area (Å²) in [5, 5.41) is 3.09. The number of ether oxygens (including phenoxy) is 1. The Hall–Kier alpha value is -1.89. The first kappa shape index (κ1) is 15.0. The van der Waals surface area contributed by atoms with Crippen molar-refractivity contribution in [2.24, 2.45) is 0 Å². The summed E-state index contributed by atoms with van der Waals surface area (Å²) < 4.78 is 5.40. The second-order valence-electron chi connectivity index (χ2n) is 6.31. The number of nitrogens with zero attached hydrogens (tertiary/aromatic N) is 4. The van der Waals surface area contributed by atoms with E-state index in [2.05, 4.69) is 14.9 Å². The van der Waals surface area contributed by atoms with Gasteiger partial charge in [0.2, 0.25) is 5.95 Å². The minimum Gasteiger partial charge on any atom is -0.444 e. The van der Waals surface area contributed by atoms with Gasteiger partial charge in [0.25, 0.3) is 0 Å². The SMILES string of the molecule is CC(C)(C)OC(=O)N1CCN(c2ncc3ccsc3n2)CC1. The molecule has 1 saturated heterocycles. The molecular formula is C15H20N4O2S. The summed E-state index contributed by atoms with van der Waals surface area (Å²) in [7, 11) is 0. The van der Waals surface area contributed by atoms with E-state index in [9.17, 15) is 4.79 Å². The van der Waals surface area contributed by atoms with Crippen molar-refractivity contribution in [3.05, 3.63) is 17.6 Å². The molecule has 1 amide bonds. The van der Waals surface area contributed by atoms with Gasteiger partial charge in [-0.3, -0.25) is 0 Å². The number of amides is 1. The predicted octanol–water partition coefficient (Wildman–Crippen LogP) is 2.75. The summed E-state index contributed by atoms with van der Waals surface area (Å²) in [5.41, 5.74) is -0.457. The van der Waals surface area contributed by atoms with Crippen molar-refractivity contribution >= 4 is 33.6 Å². The average molecular weight is 320 g/mol. The van der Waals surface area contributed by atoms with Crippen molar-refractivity contribution in [2.75, 3.05) is 31.1 Å². The summed E-state index contributed by atoms with van der Waals surface area (Å²) in [6, 6.07) is 2.02. The zero-order valence-corrected chi connectivity index (χ0v) is 13.9. The lowest BCUT2D eigenvalue weighted by molar-refractivity contribution is 0.0240. The van der Waals surface area contributed by atoms with E-state index in [0.29, 0.717) is 13.1 Å². The van der Waals surface area contributed by atoms with Gasteiger partial charge in [0.1, 0.15) is 10.4 Å². The van der Waals surface area contributed by atoms with Crippen LogP contribution in [0, 0.1) is 0 Å². The molecule has 2 aromatic heterocycles. The van der Waals surface area contributed by atoms with E-state index in [4.69, 9.17) is 4.74 Å². The zero-order valence-electron chi connectivity index (χ0n) is 13.1. The van der Waals surface area contributed by atoms with Gasteiger partial charge >= 0.3 is 6.09 Å². The minimum absolute atomic E-state index is 0.248. The molecule has 0 bridgehead atoms. The number of thiophene rings is 1. The molecule has 0 aliphatic carbocycles. The van der Waals surface area contributed by atoms with E-state index < -0.39 is 5.60 Å². The summed E-state index contributed by atoms with van der Waals surface area (Å²) >= 11 is 1.61. The number of hydrogen-bond acceptors (Lipinski definition) is 6. The van der Waals surface area contributed by atoms with Crippen LogP contribution in [0.15, 0.2) is 17.6 Å². The summed E-state index contributed by atoms with van der Waals surface area (Å²) in [5.74, 6) is 0.735. The molecule has 0 spiro atoms. The van der Waals surface area contributed by atoms with Crippen molar-refractivity contribution < 1.29 is 9.53 Å². The first-order valence-electron chi connectivity index (χ1n) is 7.35. The normalized spacial score (nSPS) is 16.1. The van der Waals surface area contributed by atoms with Crippen LogP contribution < -0.4 is 4.90 Å².